The number of nitrogens with zero attached hydrogens (tertiary/aromatic N) is 1. The van der Waals surface area contributed by atoms with Crippen LogP contribution in [0.5, 0.6) is 0 Å². The van der Waals surface area contributed by atoms with Crippen molar-refractivity contribution in [1.82, 2.24) is 10.2 Å². The highest BCUT2D eigenvalue weighted by Crippen LogP contribution is 2.16. The summed E-state index contributed by atoms with van der Waals surface area (Å²) in [5, 5.41) is 2.93. The van der Waals surface area contributed by atoms with Crippen molar-refractivity contribution in [2.75, 3.05) is 27.2 Å². The van der Waals surface area contributed by atoms with E-state index in [9.17, 15) is 9.18 Å². The Morgan fingerprint density at radius 2 is 2.22 bits per heavy atom. The Labute approximate surface area is 115 Å². The minimum atomic E-state index is -0.228. The van der Waals surface area contributed by atoms with Crippen LogP contribution in [0.4, 0.5) is 4.39 Å². The maximum absolute atomic E-state index is 13.5. The average molecular weight is 317 g/mol. The monoisotopic (exact) mass is 316 g/mol. The molecule has 3 nitrogen and oxygen atoms in total. The largest absolute Gasteiger partial charge is 0.345 e. The zero-order chi connectivity index (χ0) is 13.5. The molecule has 0 saturated heterocycles. The van der Waals surface area contributed by atoms with E-state index in [0.717, 1.165) is 4.47 Å². The number of rotatable bonds is 6. The van der Waals surface area contributed by atoms with Gasteiger partial charge in [-0.3, -0.25) is 4.79 Å². The molecule has 0 spiro atoms. The molecule has 5 heteroatoms. The van der Waals surface area contributed by atoms with Crippen LogP contribution in [0.1, 0.15) is 12.0 Å². The zero-order valence-corrected chi connectivity index (χ0v) is 12.3. The number of likely N-dealkylation sites (N-methyl/N-ethyl adjacent to an activating group) is 1. The first-order valence-corrected chi connectivity index (χ1v) is 6.66. The lowest BCUT2D eigenvalue weighted by Gasteiger charge is -2.17. The van der Waals surface area contributed by atoms with Crippen molar-refractivity contribution in [2.45, 2.75) is 12.8 Å². The van der Waals surface area contributed by atoms with Gasteiger partial charge in [-0.15, -0.1) is 0 Å². The number of halogens is 2. The van der Waals surface area contributed by atoms with Crippen LogP contribution in [0.2, 0.25) is 0 Å². The number of carbonyl (C=O) groups is 1. The van der Waals surface area contributed by atoms with Gasteiger partial charge in [0.25, 0.3) is 0 Å². The molecule has 1 amide bonds. The molecular formula is C13H18BrFN2O. The van der Waals surface area contributed by atoms with Crippen molar-refractivity contribution in [2.24, 2.45) is 0 Å². The molecule has 0 atom stereocenters. The van der Waals surface area contributed by atoms with Crippen LogP contribution in [-0.2, 0) is 11.2 Å². The number of carbonyl (C=O) groups excluding carboxylic acids is 1. The van der Waals surface area contributed by atoms with Crippen LogP contribution >= 0.6 is 15.9 Å². The molecule has 0 aromatic heterocycles. The van der Waals surface area contributed by atoms with Crippen molar-refractivity contribution in [3.63, 3.8) is 0 Å². The molecule has 0 bridgehead atoms. The molecule has 0 aliphatic heterocycles. The summed E-state index contributed by atoms with van der Waals surface area (Å²) in [6, 6.07) is 4.85. The van der Waals surface area contributed by atoms with Crippen LogP contribution < -0.4 is 5.32 Å². The summed E-state index contributed by atoms with van der Waals surface area (Å²) in [5.74, 6) is -0.158. The number of benzene rings is 1. The number of hydrogen-bond donors (Lipinski definition) is 1. The van der Waals surface area contributed by atoms with E-state index in [1.807, 2.05) is 7.05 Å². The number of nitrogens with one attached hydrogen (secondary N) is 1. The van der Waals surface area contributed by atoms with E-state index in [1.54, 1.807) is 24.1 Å². The van der Waals surface area contributed by atoms with Gasteiger partial charge in [-0.25, -0.2) is 4.39 Å². The quantitative estimate of drug-likeness (QED) is 0.872. The Bertz CT molecular complexity index is 412. The minimum absolute atomic E-state index is 0.0692. The molecule has 0 heterocycles. The van der Waals surface area contributed by atoms with Crippen LogP contribution in [0.15, 0.2) is 22.7 Å². The molecule has 0 saturated carbocycles. The molecule has 0 aliphatic rings. The Kier molecular flexibility index (Phi) is 6.29. The Balaban J connectivity index is 2.49. The first-order chi connectivity index (χ1) is 8.54. The molecule has 18 heavy (non-hydrogen) atoms. The van der Waals surface area contributed by atoms with E-state index in [2.05, 4.69) is 21.2 Å². The van der Waals surface area contributed by atoms with E-state index >= 15 is 0 Å². The highest BCUT2D eigenvalue weighted by atomic mass is 79.9. The summed E-state index contributed by atoms with van der Waals surface area (Å²) in [4.78, 5) is 13.3. The second kappa shape index (κ2) is 7.48. The Hall–Kier alpha value is -0.940. The van der Waals surface area contributed by atoms with Gasteiger partial charge in [0, 0.05) is 31.0 Å². The first-order valence-electron chi connectivity index (χ1n) is 5.87. The molecule has 1 aromatic carbocycles. The smallest absolute Gasteiger partial charge is 0.223 e. The van der Waals surface area contributed by atoms with E-state index < -0.39 is 0 Å². The Morgan fingerprint density at radius 3 is 2.89 bits per heavy atom. The van der Waals surface area contributed by atoms with Crippen LogP contribution in [0.3, 0.4) is 0 Å². The Morgan fingerprint density at radius 1 is 1.50 bits per heavy atom. The molecule has 1 aromatic rings. The van der Waals surface area contributed by atoms with E-state index in [1.165, 1.54) is 6.07 Å². The fourth-order valence-corrected chi connectivity index (χ4v) is 1.98. The van der Waals surface area contributed by atoms with E-state index in [4.69, 9.17) is 0 Å². The fraction of sp³-hybridized carbons (Fsp3) is 0.462. The van der Waals surface area contributed by atoms with E-state index in [0.29, 0.717) is 31.5 Å². The summed E-state index contributed by atoms with van der Waals surface area (Å²) >= 11 is 3.31. The third-order valence-electron chi connectivity index (χ3n) is 2.74. The van der Waals surface area contributed by atoms with Gasteiger partial charge in [0.2, 0.25) is 5.91 Å². The molecule has 1 rings (SSSR count). The first kappa shape index (κ1) is 15.1. The van der Waals surface area contributed by atoms with Gasteiger partial charge in [0.15, 0.2) is 0 Å². The molecule has 100 valence electrons. The van der Waals surface area contributed by atoms with Gasteiger partial charge in [0.1, 0.15) is 5.82 Å². The van der Waals surface area contributed by atoms with Crippen LogP contribution in [0, 0.1) is 5.82 Å². The van der Waals surface area contributed by atoms with Crippen molar-refractivity contribution in [3.8, 4) is 0 Å². The zero-order valence-electron chi connectivity index (χ0n) is 10.7. The summed E-state index contributed by atoms with van der Waals surface area (Å²) in [7, 11) is 3.55. The van der Waals surface area contributed by atoms with Gasteiger partial charge in [0.05, 0.1) is 0 Å². The number of amides is 1. The summed E-state index contributed by atoms with van der Waals surface area (Å²) in [6.45, 7) is 1.18. The maximum Gasteiger partial charge on any atom is 0.223 e. The summed E-state index contributed by atoms with van der Waals surface area (Å²) in [5.41, 5.74) is 0.623. The summed E-state index contributed by atoms with van der Waals surface area (Å²) in [6.07, 6.45) is 0.987. The lowest BCUT2D eigenvalue weighted by Crippen LogP contribution is -2.31. The SMILES string of the molecule is CNCCC(=O)N(C)CCc1cc(Br)ccc1F. The minimum Gasteiger partial charge on any atom is -0.345 e. The van der Waals surface area contributed by atoms with Crippen LogP contribution in [-0.4, -0.2) is 38.0 Å². The fourth-order valence-electron chi connectivity index (χ4n) is 1.57. The van der Waals surface area contributed by atoms with Crippen molar-refractivity contribution >= 4 is 21.8 Å². The van der Waals surface area contributed by atoms with Gasteiger partial charge in [-0.05, 0) is 37.2 Å². The highest BCUT2D eigenvalue weighted by molar-refractivity contribution is 9.10. The lowest BCUT2D eigenvalue weighted by molar-refractivity contribution is -0.129. The third kappa shape index (κ3) is 4.74. The molecule has 0 aliphatic carbocycles. The van der Waals surface area contributed by atoms with Crippen molar-refractivity contribution < 1.29 is 9.18 Å². The molecule has 0 radical (unpaired) electrons. The predicted molar refractivity (Wildman–Crippen MR) is 74.0 cm³/mol. The van der Waals surface area contributed by atoms with E-state index in [-0.39, 0.29) is 11.7 Å². The van der Waals surface area contributed by atoms with Gasteiger partial charge >= 0.3 is 0 Å². The molecule has 0 unspecified atom stereocenters. The molecular weight excluding hydrogens is 299 g/mol. The maximum atomic E-state index is 13.5. The van der Waals surface area contributed by atoms with Gasteiger partial charge in [-0.1, -0.05) is 15.9 Å². The second-order valence-corrected chi connectivity index (χ2v) is 5.07. The molecule has 1 N–H and O–H groups in total. The summed E-state index contributed by atoms with van der Waals surface area (Å²) < 4.78 is 14.3. The highest BCUT2D eigenvalue weighted by Gasteiger charge is 2.09. The normalized spacial score (nSPS) is 10.4. The molecule has 0 fully saturated rings. The van der Waals surface area contributed by atoms with Crippen LogP contribution in [0.25, 0.3) is 0 Å². The lowest BCUT2D eigenvalue weighted by atomic mass is 10.1. The topological polar surface area (TPSA) is 32.3 Å². The number of hydrogen-bond acceptors (Lipinski definition) is 2. The standard InChI is InChI=1S/C13H18BrFN2O/c1-16-7-5-13(18)17(2)8-6-10-9-11(14)3-4-12(10)15/h3-4,9,16H,5-8H2,1-2H3. The van der Waals surface area contributed by atoms with Gasteiger partial charge < -0.3 is 10.2 Å². The van der Waals surface area contributed by atoms with Crippen molar-refractivity contribution in [1.29, 1.82) is 0 Å². The third-order valence-corrected chi connectivity index (χ3v) is 3.23. The predicted octanol–water partition coefficient (Wildman–Crippen LogP) is 2.20. The second-order valence-electron chi connectivity index (χ2n) is 4.15. The van der Waals surface area contributed by atoms with Crippen molar-refractivity contribution in [3.05, 3.63) is 34.1 Å². The van der Waals surface area contributed by atoms with Gasteiger partial charge in [-0.2, -0.15) is 0 Å². The average Bonchev–Trinajstić information content (AvgIpc) is 2.36.